The van der Waals surface area contributed by atoms with Crippen LogP contribution in [0.1, 0.15) is 29.8 Å². The second-order valence-electron chi connectivity index (χ2n) is 8.73. The Morgan fingerprint density at radius 3 is 2.48 bits per heavy atom. The van der Waals surface area contributed by atoms with Crippen molar-refractivity contribution in [2.75, 3.05) is 37.6 Å². The Bertz CT molecular complexity index is 1070. The number of carbonyl (C=O) groups excluding carboxylic acids is 1. The second kappa shape index (κ2) is 9.97. The third kappa shape index (κ3) is 5.23. The summed E-state index contributed by atoms with van der Waals surface area (Å²) in [6, 6.07) is 16.8. The predicted molar refractivity (Wildman–Crippen MR) is 128 cm³/mol. The Labute approximate surface area is 197 Å². The molecule has 5 rings (SSSR count). The van der Waals surface area contributed by atoms with Gasteiger partial charge < -0.3 is 9.80 Å². The van der Waals surface area contributed by atoms with Gasteiger partial charge >= 0.3 is 0 Å². The number of hydrogen-bond acceptors (Lipinski definition) is 6. The largest absolute Gasteiger partial charge is 0.338 e. The van der Waals surface area contributed by atoms with Crippen LogP contribution in [0.5, 0.6) is 0 Å². The summed E-state index contributed by atoms with van der Waals surface area (Å²) in [4.78, 5) is 24.6. The molecule has 0 spiro atoms. The molecule has 2 aromatic carbocycles. The van der Waals surface area contributed by atoms with Crippen LogP contribution in [-0.4, -0.2) is 63.8 Å². The minimum Gasteiger partial charge on any atom is -0.338 e. The lowest BCUT2D eigenvalue weighted by atomic mass is 10.1. The van der Waals surface area contributed by atoms with E-state index in [-0.39, 0.29) is 17.8 Å². The normalized spacial score (nSPS) is 19.2. The van der Waals surface area contributed by atoms with Crippen LogP contribution in [0.25, 0.3) is 0 Å². The first-order valence-electron chi connectivity index (χ1n) is 11.5. The number of hydrogen-bond donors (Lipinski definition) is 0. The van der Waals surface area contributed by atoms with Crippen molar-refractivity contribution in [3.63, 3.8) is 0 Å². The lowest BCUT2D eigenvalue weighted by Crippen LogP contribution is -2.53. The van der Waals surface area contributed by atoms with Gasteiger partial charge in [-0.1, -0.05) is 42.5 Å². The van der Waals surface area contributed by atoms with Gasteiger partial charge in [0.1, 0.15) is 17.7 Å². The third-order valence-corrected chi connectivity index (χ3v) is 7.24. The first-order chi connectivity index (χ1) is 16.2. The number of rotatable bonds is 6. The van der Waals surface area contributed by atoms with E-state index in [2.05, 4.69) is 38.4 Å². The summed E-state index contributed by atoms with van der Waals surface area (Å²) in [5.41, 5.74) is 2.29. The molecule has 6 nitrogen and oxygen atoms in total. The molecule has 3 aromatic rings. The zero-order valence-corrected chi connectivity index (χ0v) is 19.4. The third-order valence-electron chi connectivity index (χ3n) is 6.45. The lowest BCUT2D eigenvalue weighted by Gasteiger charge is -2.37. The molecule has 8 heteroatoms. The van der Waals surface area contributed by atoms with E-state index in [1.54, 1.807) is 12.1 Å². The van der Waals surface area contributed by atoms with E-state index in [0.29, 0.717) is 12.2 Å². The van der Waals surface area contributed by atoms with Crippen LogP contribution in [0.3, 0.4) is 0 Å². The molecule has 2 fully saturated rings. The molecule has 1 atom stereocenters. The van der Waals surface area contributed by atoms with E-state index in [0.717, 1.165) is 62.8 Å². The van der Waals surface area contributed by atoms with Crippen LogP contribution in [0.2, 0.25) is 0 Å². The highest BCUT2D eigenvalue weighted by Gasteiger charge is 2.36. The number of benzene rings is 2. The molecule has 1 aromatic heterocycles. The molecule has 3 heterocycles. The standard InChI is InChI=1S/C25H28FN5OS/c26-21-10-8-19(9-11-21)17-23-27-25(33-28-23)31-12-4-7-22(31)24(32)30-15-13-29(14-16-30)18-20-5-2-1-3-6-20/h1-3,5-6,8-11,22H,4,7,12-18H2. The predicted octanol–water partition coefficient (Wildman–Crippen LogP) is 3.58. The fraction of sp³-hybridized carbons (Fsp3) is 0.400. The maximum Gasteiger partial charge on any atom is 0.245 e. The maximum absolute atomic E-state index is 13.4. The van der Waals surface area contributed by atoms with Gasteiger partial charge in [0, 0.05) is 57.2 Å². The van der Waals surface area contributed by atoms with Crippen molar-refractivity contribution in [1.29, 1.82) is 0 Å². The van der Waals surface area contributed by atoms with Gasteiger partial charge in [0.15, 0.2) is 0 Å². The monoisotopic (exact) mass is 465 g/mol. The van der Waals surface area contributed by atoms with Crippen molar-refractivity contribution in [3.05, 3.63) is 77.4 Å². The molecule has 0 aliphatic carbocycles. The fourth-order valence-corrected chi connectivity index (χ4v) is 5.41. The summed E-state index contributed by atoms with van der Waals surface area (Å²) < 4.78 is 17.6. The quantitative estimate of drug-likeness (QED) is 0.557. The highest BCUT2D eigenvalue weighted by Crippen LogP contribution is 2.29. The van der Waals surface area contributed by atoms with E-state index >= 15 is 0 Å². The highest BCUT2D eigenvalue weighted by molar-refractivity contribution is 7.09. The summed E-state index contributed by atoms with van der Waals surface area (Å²) >= 11 is 1.35. The van der Waals surface area contributed by atoms with Crippen LogP contribution in [0, 0.1) is 5.82 Å². The van der Waals surface area contributed by atoms with Crippen LogP contribution < -0.4 is 4.90 Å². The van der Waals surface area contributed by atoms with Crippen molar-refractivity contribution in [3.8, 4) is 0 Å². The van der Waals surface area contributed by atoms with E-state index in [4.69, 9.17) is 4.98 Å². The van der Waals surface area contributed by atoms with Gasteiger partial charge in [0.2, 0.25) is 11.0 Å². The summed E-state index contributed by atoms with van der Waals surface area (Å²) in [7, 11) is 0. The van der Waals surface area contributed by atoms with Crippen molar-refractivity contribution < 1.29 is 9.18 Å². The van der Waals surface area contributed by atoms with Crippen molar-refractivity contribution >= 4 is 22.6 Å². The van der Waals surface area contributed by atoms with Crippen LogP contribution >= 0.6 is 11.5 Å². The number of anilines is 1. The van der Waals surface area contributed by atoms with E-state index in [9.17, 15) is 9.18 Å². The molecule has 0 saturated carbocycles. The first-order valence-corrected chi connectivity index (χ1v) is 12.3. The molecule has 2 aliphatic heterocycles. The molecular weight excluding hydrogens is 437 g/mol. The van der Waals surface area contributed by atoms with E-state index in [1.807, 2.05) is 11.0 Å². The highest BCUT2D eigenvalue weighted by atomic mass is 32.1. The SMILES string of the molecule is O=C(C1CCCN1c1nc(Cc2ccc(F)cc2)ns1)N1CCN(Cc2ccccc2)CC1. The number of piperazine rings is 1. The summed E-state index contributed by atoms with van der Waals surface area (Å²) in [5.74, 6) is 0.682. The lowest BCUT2D eigenvalue weighted by molar-refractivity contribution is -0.134. The average Bonchev–Trinajstić information content (AvgIpc) is 3.51. The Hall–Kier alpha value is -2.84. The number of halogens is 1. The second-order valence-corrected chi connectivity index (χ2v) is 9.47. The Morgan fingerprint density at radius 1 is 0.970 bits per heavy atom. The number of amides is 1. The number of nitrogens with zero attached hydrogens (tertiary/aromatic N) is 5. The maximum atomic E-state index is 13.4. The molecule has 172 valence electrons. The molecule has 2 saturated heterocycles. The molecular formula is C25H28FN5OS. The van der Waals surface area contributed by atoms with Gasteiger partial charge in [-0.25, -0.2) is 9.37 Å². The van der Waals surface area contributed by atoms with Gasteiger partial charge in [0.25, 0.3) is 0 Å². The van der Waals surface area contributed by atoms with Gasteiger partial charge in [0.05, 0.1) is 0 Å². The zero-order valence-electron chi connectivity index (χ0n) is 18.6. The molecule has 33 heavy (non-hydrogen) atoms. The Kier molecular flexibility index (Phi) is 6.64. The summed E-state index contributed by atoms with van der Waals surface area (Å²) in [6.07, 6.45) is 2.40. The van der Waals surface area contributed by atoms with Gasteiger partial charge in [-0.3, -0.25) is 9.69 Å². The van der Waals surface area contributed by atoms with Crippen LogP contribution in [0.15, 0.2) is 54.6 Å². The number of aromatic nitrogens is 2. The molecule has 1 unspecified atom stereocenters. The molecule has 0 bridgehead atoms. The van der Waals surface area contributed by atoms with Crippen molar-refractivity contribution in [2.24, 2.45) is 0 Å². The van der Waals surface area contributed by atoms with Crippen LogP contribution in [0.4, 0.5) is 9.52 Å². The van der Waals surface area contributed by atoms with Crippen molar-refractivity contribution in [1.82, 2.24) is 19.2 Å². The van der Waals surface area contributed by atoms with Gasteiger partial charge in [-0.2, -0.15) is 4.37 Å². The molecule has 0 N–H and O–H groups in total. The summed E-state index contributed by atoms with van der Waals surface area (Å²) in [6.45, 7) is 5.08. The van der Waals surface area contributed by atoms with E-state index < -0.39 is 0 Å². The van der Waals surface area contributed by atoms with Gasteiger partial charge in [-0.15, -0.1) is 0 Å². The topological polar surface area (TPSA) is 52.6 Å². The fourth-order valence-electron chi connectivity index (χ4n) is 4.65. The Morgan fingerprint density at radius 2 is 1.73 bits per heavy atom. The minimum atomic E-state index is -0.245. The minimum absolute atomic E-state index is 0.155. The van der Waals surface area contributed by atoms with Gasteiger partial charge in [-0.05, 0) is 36.1 Å². The smallest absolute Gasteiger partial charge is 0.245 e. The molecule has 0 radical (unpaired) electrons. The summed E-state index contributed by atoms with van der Waals surface area (Å²) in [5, 5.41) is 0.811. The first kappa shape index (κ1) is 22.0. The molecule has 2 aliphatic rings. The average molecular weight is 466 g/mol. The van der Waals surface area contributed by atoms with E-state index in [1.165, 1.54) is 29.2 Å². The van der Waals surface area contributed by atoms with Crippen molar-refractivity contribution in [2.45, 2.75) is 31.8 Å². The Balaban J connectivity index is 1.18. The molecule has 1 amide bonds. The van der Waals surface area contributed by atoms with Crippen LogP contribution in [-0.2, 0) is 17.8 Å². The zero-order chi connectivity index (χ0) is 22.6. The number of carbonyl (C=O) groups is 1.